The third-order valence-corrected chi connectivity index (χ3v) is 10.0. The smallest absolute Gasteiger partial charge is 0.366 e. The van der Waals surface area contributed by atoms with Crippen LogP contribution in [0.25, 0.3) is 0 Å². The summed E-state index contributed by atoms with van der Waals surface area (Å²) in [7, 11) is -4.20. The van der Waals surface area contributed by atoms with E-state index in [1.165, 1.54) is 12.1 Å². The van der Waals surface area contributed by atoms with Crippen molar-refractivity contribution in [1.29, 1.82) is 0 Å². The number of sulfonamides is 1. The molecule has 0 unspecified atom stereocenters. The zero-order valence-electron chi connectivity index (χ0n) is 22.1. The summed E-state index contributed by atoms with van der Waals surface area (Å²) in [4.78, 5) is 17.1. The summed E-state index contributed by atoms with van der Waals surface area (Å²) >= 11 is 5.75. The first-order valence-corrected chi connectivity index (χ1v) is 14.7. The summed E-state index contributed by atoms with van der Waals surface area (Å²) in [5.41, 5.74) is -2.09. The molecule has 3 aliphatic carbocycles. The van der Waals surface area contributed by atoms with Crippen LogP contribution < -0.4 is 10.6 Å². The van der Waals surface area contributed by atoms with Gasteiger partial charge in [0.05, 0.1) is 22.7 Å². The molecule has 1 aromatic rings. The largest absolute Gasteiger partial charge is 0.390 e. The lowest BCUT2D eigenvalue weighted by molar-refractivity contribution is -0.151. The summed E-state index contributed by atoms with van der Waals surface area (Å²) in [5.74, 6) is -4.93. The quantitative estimate of drug-likeness (QED) is 0.350. The number of hydrogen-bond donors (Lipinski definition) is 2. The van der Waals surface area contributed by atoms with E-state index in [4.69, 9.17) is 11.6 Å². The molecule has 1 heterocycles. The first-order valence-electron chi connectivity index (χ1n) is 12.7. The number of carbonyl (C=O) groups excluding carboxylic acids is 1. The maximum Gasteiger partial charge on any atom is 0.390 e. The number of amides is 1. The number of benzene rings is 1. The Morgan fingerprint density at radius 2 is 1.80 bits per heavy atom. The molecule has 2 bridgehead atoms. The van der Waals surface area contributed by atoms with E-state index >= 15 is 0 Å². The van der Waals surface area contributed by atoms with E-state index in [1.54, 1.807) is 13.8 Å². The Kier molecular flexibility index (Phi) is 7.75. The van der Waals surface area contributed by atoms with Gasteiger partial charge in [0, 0.05) is 30.5 Å². The second-order valence-electron chi connectivity index (χ2n) is 11.8. The van der Waals surface area contributed by atoms with Crippen LogP contribution in [-0.2, 0) is 21.4 Å². The van der Waals surface area contributed by atoms with Gasteiger partial charge in [0.2, 0.25) is 21.9 Å². The highest BCUT2D eigenvalue weighted by Crippen LogP contribution is 2.71. The average Bonchev–Trinajstić information content (AvgIpc) is 3.06. The molecule has 3 saturated carbocycles. The summed E-state index contributed by atoms with van der Waals surface area (Å²) in [6, 6.07) is 2.87. The van der Waals surface area contributed by atoms with Gasteiger partial charge in [-0.15, -0.1) is 0 Å². The molecule has 1 atom stereocenters. The first-order chi connectivity index (χ1) is 18.2. The SMILES string of the molecule is CC(F)(F)CCS(=O)(=O)N(Cc1ccc(Cl)c(F)c1)C12CC(C3=N[C@@H](C(=O)NCCC(F)(F)F)C(C)(C)N3)(C1)C2. The number of alkyl halides is 5. The second-order valence-corrected chi connectivity index (χ2v) is 14.2. The third-order valence-electron chi connectivity index (χ3n) is 7.82. The molecule has 15 heteroatoms. The number of aliphatic imine (C=N–C) groups is 1. The highest BCUT2D eigenvalue weighted by atomic mass is 35.5. The van der Waals surface area contributed by atoms with E-state index in [0.29, 0.717) is 37.6 Å². The van der Waals surface area contributed by atoms with Crippen molar-refractivity contribution in [2.24, 2.45) is 10.4 Å². The lowest BCUT2D eigenvalue weighted by atomic mass is 9.38. The van der Waals surface area contributed by atoms with Gasteiger partial charge in [-0.1, -0.05) is 17.7 Å². The van der Waals surface area contributed by atoms with Gasteiger partial charge in [0.15, 0.2) is 6.04 Å². The summed E-state index contributed by atoms with van der Waals surface area (Å²) in [6.07, 6.45) is -5.58. The molecule has 0 spiro atoms. The number of halogens is 7. The van der Waals surface area contributed by atoms with Crippen LogP contribution in [0.4, 0.5) is 26.3 Å². The van der Waals surface area contributed by atoms with Crippen molar-refractivity contribution in [2.75, 3.05) is 12.3 Å². The van der Waals surface area contributed by atoms with Crippen LogP contribution >= 0.6 is 11.6 Å². The Labute approximate surface area is 233 Å². The molecule has 0 radical (unpaired) electrons. The second kappa shape index (κ2) is 10.0. The van der Waals surface area contributed by atoms with E-state index in [-0.39, 0.29) is 11.6 Å². The van der Waals surface area contributed by atoms with Gasteiger partial charge in [0.25, 0.3) is 0 Å². The Morgan fingerprint density at radius 1 is 1.18 bits per heavy atom. The highest BCUT2D eigenvalue weighted by Gasteiger charge is 2.75. The molecule has 40 heavy (non-hydrogen) atoms. The number of nitrogens with one attached hydrogen (secondary N) is 2. The molecule has 224 valence electrons. The van der Waals surface area contributed by atoms with Crippen LogP contribution in [0.15, 0.2) is 23.2 Å². The third kappa shape index (κ3) is 6.23. The molecular formula is C25H31ClF6N4O3S. The Balaban J connectivity index is 1.51. The van der Waals surface area contributed by atoms with E-state index in [9.17, 15) is 39.6 Å². The lowest BCUT2D eigenvalue weighted by Crippen LogP contribution is -2.78. The molecule has 0 aromatic heterocycles. The summed E-state index contributed by atoms with van der Waals surface area (Å²) in [6.45, 7) is 3.20. The van der Waals surface area contributed by atoms with Gasteiger partial charge in [-0.25, -0.2) is 21.6 Å². The fourth-order valence-electron chi connectivity index (χ4n) is 5.81. The molecule has 7 nitrogen and oxygen atoms in total. The van der Waals surface area contributed by atoms with Gasteiger partial charge in [-0.05, 0) is 57.7 Å². The first kappa shape index (κ1) is 30.9. The van der Waals surface area contributed by atoms with Crippen molar-refractivity contribution in [1.82, 2.24) is 14.9 Å². The topological polar surface area (TPSA) is 90.9 Å². The maximum atomic E-state index is 14.1. The van der Waals surface area contributed by atoms with Gasteiger partial charge in [0.1, 0.15) is 11.7 Å². The zero-order valence-corrected chi connectivity index (χ0v) is 23.7. The van der Waals surface area contributed by atoms with Gasteiger partial charge >= 0.3 is 6.18 Å². The zero-order chi connectivity index (χ0) is 29.9. The van der Waals surface area contributed by atoms with Crippen molar-refractivity contribution < 1.29 is 39.6 Å². The van der Waals surface area contributed by atoms with Crippen LogP contribution in [0.5, 0.6) is 0 Å². The van der Waals surface area contributed by atoms with Crippen molar-refractivity contribution in [3.63, 3.8) is 0 Å². The van der Waals surface area contributed by atoms with Crippen LogP contribution in [0, 0.1) is 11.2 Å². The number of hydrogen-bond acceptors (Lipinski definition) is 5. The predicted octanol–water partition coefficient (Wildman–Crippen LogP) is 4.80. The Hall–Kier alpha value is -2.06. The van der Waals surface area contributed by atoms with Gasteiger partial charge < -0.3 is 10.6 Å². The number of nitrogens with zero attached hydrogens (tertiary/aromatic N) is 2. The normalized spacial score (nSPS) is 27.5. The van der Waals surface area contributed by atoms with Gasteiger partial charge in [-0.2, -0.15) is 17.5 Å². The van der Waals surface area contributed by atoms with Gasteiger partial charge in [-0.3, -0.25) is 9.79 Å². The number of rotatable bonds is 11. The molecule has 3 fully saturated rings. The van der Waals surface area contributed by atoms with Crippen molar-refractivity contribution in [3.8, 4) is 0 Å². The maximum absolute atomic E-state index is 14.1. The van der Waals surface area contributed by atoms with Crippen LogP contribution in [0.3, 0.4) is 0 Å². The number of amidine groups is 1. The summed E-state index contributed by atoms with van der Waals surface area (Å²) in [5, 5.41) is 5.32. The minimum absolute atomic E-state index is 0.141. The molecule has 0 saturated heterocycles. The molecule has 4 aliphatic rings. The molecule has 1 aromatic carbocycles. The number of carbonyl (C=O) groups is 1. The van der Waals surface area contributed by atoms with E-state index < -0.39 is 81.5 Å². The molecular weight excluding hydrogens is 586 g/mol. The molecule has 1 aliphatic heterocycles. The minimum atomic E-state index is -4.41. The highest BCUT2D eigenvalue weighted by molar-refractivity contribution is 7.89. The summed E-state index contributed by atoms with van der Waals surface area (Å²) < 4.78 is 106. The Morgan fingerprint density at radius 3 is 2.35 bits per heavy atom. The van der Waals surface area contributed by atoms with Crippen molar-refractivity contribution in [2.45, 2.75) is 88.6 Å². The van der Waals surface area contributed by atoms with Crippen LogP contribution in [-0.4, -0.2) is 66.0 Å². The van der Waals surface area contributed by atoms with Crippen LogP contribution in [0.2, 0.25) is 5.02 Å². The molecule has 2 N–H and O–H groups in total. The monoisotopic (exact) mass is 616 g/mol. The standard InChI is InChI=1S/C25H31ClF6N4O3S/c1-21(2)18(19(37)33-8-6-25(30,31)32)34-20(35-21)23-12-24(13-23,14-23)36(40(38,39)9-7-22(3,28)29)11-15-4-5-16(26)17(27)10-15/h4-5,10,18H,6-9,11-14H2,1-3H3,(H,33,37)(H,34,35)/t18-,23?,24?/m0/s1. The van der Waals surface area contributed by atoms with E-state index in [0.717, 1.165) is 10.4 Å². The molecule has 1 amide bonds. The Bertz CT molecular complexity index is 1290. The fourth-order valence-corrected chi connectivity index (χ4v) is 7.89. The van der Waals surface area contributed by atoms with Crippen molar-refractivity contribution in [3.05, 3.63) is 34.6 Å². The van der Waals surface area contributed by atoms with E-state index in [1.807, 2.05) is 0 Å². The fraction of sp³-hybridized carbons (Fsp3) is 0.680. The van der Waals surface area contributed by atoms with E-state index in [2.05, 4.69) is 15.6 Å². The molecule has 5 rings (SSSR count). The minimum Gasteiger partial charge on any atom is -0.366 e. The average molecular weight is 617 g/mol. The van der Waals surface area contributed by atoms with Crippen LogP contribution in [0.1, 0.15) is 58.4 Å². The van der Waals surface area contributed by atoms with Crippen molar-refractivity contribution >= 4 is 33.4 Å². The predicted molar refractivity (Wildman–Crippen MR) is 137 cm³/mol. The lowest BCUT2D eigenvalue weighted by Gasteiger charge is -2.73.